The van der Waals surface area contributed by atoms with Gasteiger partial charge >= 0.3 is 0 Å². The number of nitrogen functional groups attached to an aromatic ring is 1. The van der Waals surface area contributed by atoms with Crippen molar-refractivity contribution in [1.82, 2.24) is 4.90 Å². The van der Waals surface area contributed by atoms with Crippen LogP contribution in [0, 0.1) is 6.92 Å². The summed E-state index contributed by atoms with van der Waals surface area (Å²) >= 11 is 0. The Labute approximate surface area is 105 Å². The van der Waals surface area contributed by atoms with Crippen LogP contribution in [0.2, 0.25) is 0 Å². The standard InChI is InChI=1S/C14H14N2O2/c1-9-13(4-5-18-9)14(17)16-7-10-2-3-12(15)6-11(10)8-16/h2-6H,7-8,15H2,1H3. The molecule has 18 heavy (non-hydrogen) atoms. The topological polar surface area (TPSA) is 59.5 Å². The van der Waals surface area contributed by atoms with Crippen molar-refractivity contribution < 1.29 is 9.21 Å². The van der Waals surface area contributed by atoms with Crippen LogP contribution in [0.15, 0.2) is 34.9 Å². The largest absolute Gasteiger partial charge is 0.469 e. The van der Waals surface area contributed by atoms with Crippen LogP contribution in [0.5, 0.6) is 0 Å². The first-order valence-corrected chi connectivity index (χ1v) is 5.86. The molecule has 0 saturated carbocycles. The highest BCUT2D eigenvalue weighted by Gasteiger charge is 2.25. The molecule has 0 spiro atoms. The van der Waals surface area contributed by atoms with Gasteiger partial charge in [-0.3, -0.25) is 4.79 Å². The Morgan fingerprint density at radius 2 is 2.06 bits per heavy atom. The number of benzene rings is 1. The highest BCUT2D eigenvalue weighted by atomic mass is 16.3. The molecule has 1 aliphatic heterocycles. The van der Waals surface area contributed by atoms with Crippen LogP contribution >= 0.6 is 0 Å². The minimum Gasteiger partial charge on any atom is -0.469 e. The molecule has 0 fully saturated rings. The third kappa shape index (κ3) is 1.66. The summed E-state index contributed by atoms with van der Waals surface area (Å²) in [7, 11) is 0. The number of anilines is 1. The normalized spacial score (nSPS) is 13.7. The summed E-state index contributed by atoms with van der Waals surface area (Å²) in [5.41, 5.74) is 9.42. The van der Waals surface area contributed by atoms with E-state index < -0.39 is 0 Å². The van der Waals surface area contributed by atoms with Gasteiger partial charge in [0, 0.05) is 18.8 Å². The van der Waals surface area contributed by atoms with Crippen LogP contribution < -0.4 is 5.73 Å². The van der Waals surface area contributed by atoms with Gasteiger partial charge in [-0.15, -0.1) is 0 Å². The average molecular weight is 242 g/mol. The minimum atomic E-state index is 0.0102. The van der Waals surface area contributed by atoms with E-state index >= 15 is 0 Å². The van der Waals surface area contributed by atoms with E-state index in [-0.39, 0.29) is 5.91 Å². The minimum absolute atomic E-state index is 0.0102. The molecule has 0 atom stereocenters. The highest BCUT2D eigenvalue weighted by Crippen LogP contribution is 2.26. The van der Waals surface area contributed by atoms with Crippen molar-refractivity contribution in [3.63, 3.8) is 0 Å². The smallest absolute Gasteiger partial charge is 0.257 e. The van der Waals surface area contributed by atoms with Crippen LogP contribution in [0.1, 0.15) is 27.2 Å². The molecular formula is C14H14N2O2. The van der Waals surface area contributed by atoms with Crippen molar-refractivity contribution in [2.45, 2.75) is 20.0 Å². The van der Waals surface area contributed by atoms with Gasteiger partial charge in [0.2, 0.25) is 0 Å². The van der Waals surface area contributed by atoms with E-state index in [9.17, 15) is 4.79 Å². The average Bonchev–Trinajstić information content (AvgIpc) is 2.93. The van der Waals surface area contributed by atoms with E-state index in [2.05, 4.69) is 0 Å². The van der Waals surface area contributed by atoms with Gasteiger partial charge in [-0.1, -0.05) is 6.07 Å². The first kappa shape index (κ1) is 10.9. The number of furan rings is 1. The van der Waals surface area contributed by atoms with Gasteiger partial charge in [0.1, 0.15) is 5.76 Å². The summed E-state index contributed by atoms with van der Waals surface area (Å²) in [5.74, 6) is 0.673. The molecular weight excluding hydrogens is 228 g/mol. The number of hydrogen-bond donors (Lipinski definition) is 1. The lowest BCUT2D eigenvalue weighted by Crippen LogP contribution is -2.25. The molecule has 2 heterocycles. The number of nitrogens with zero attached hydrogens (tertiary/aromatic N) is 1. The van der Waals surface area contributed by atoms with E-state index in [4.69, 9.17) is 10.2 Å². The molecule has 92 valence electrons. The Balaban J connectivity index is 1.86. The highest BCUT2D eigenvalue weighted by molar-refractivity contribution is 5.95. The van der Waals surface area contributed by atoms with Crippen molar-refractivity contribution in [3.05, 3.63) is 53.0 Å². The second kappa shape index (κ2) is 3.91. The number of amides is 1. The quantitative estimate of drug-likeness (QED) is 0.781. The Morgan fingerprint density at radius 3 is 2.78 bits per heavy atom. The SMILES string of the molecule is Cc1occc1C(=O)N1Cc2ccc(N)cc2C1. The lowest BCUT2D eigenvalue weighted by atomic mass is 10.1. The summed E-state index contributed by atoms with van der Waals surface area (Å²) in [6.07, 6.45) is 1.55. The summed E-state index contributed by atoms with van der Waals surface area (Å²) in [4.78, 5) is 14.1. The molecule has 4 nitrogen and oxygen atoms in total. The maximum atomic E-state index is 12.3. The van der Waals surface area contributed by atoms with Gasteiger partial charge in [0.15, 0.2) is 0 Å². The molecule has 2 aromatic rings. The molecule has 1 amide bonds. The molecule has 1 aliphatic rings. The fourth-order valence-corrected chi connectivity index (χ4v) is 2.34. The Kier molecular flexibility index (Phi) is 2.37. The van der Waals surface area contributed by atoms with E-state index in [1.807, 2.05) is 23.1 Å². The van der Waals surface area contributed by atoms with Gasteiger partial charge in [-0.2, -0.15) is 0 Å². The number of rotatable bonds is 1. The Morgan fingerprint density at radius 1 is 1.28 bits per heavy atom. The van der Waals surface area contributed by atoms with Crippen LogP contribution in [0.25, 0.3) is 0 Å². The number of aryl methyl sites for hydroxylation is 1. The molecule has 1 aromatic heterocycles. The molecule has 3 rings (SSSR count). The lowest BCUT2D eigenvalue weighted by Gasteiger charge is -2.14. The predicted octanol–water partition coefficient (Wildman–Crippen LogP) is 2.33. The van der Waals surface area contributed by atoms with Crippen LogP contribution in [0.4, 0.5) is 5.69 Å². The fraction of sp³-hybridized carbons (Fsp3) is 0.214. The number of fused-ring (bicyclic) bond motifs is 1. The maximum absolute atomic E-state index is 12.3. The summed E-state index contributed by atoms with van der Waals surface area (Å²) in [6, 6.07) is 7.51. The van der Waals surface area contributed by atoms with E-state index in [1.54, 1.807) is 19.3 Å². The molecule has 0 unspecified atom stereocenters. The number of carbonyl (C=O) groups excluding carboxylic acids is 1. The molecule has 0 bridgehead atoms. The van der Waals surface area contributed by atoms with E-state index in [0.29, 0.717) is 24.4 Å². The molecule has 0 radical (unpaired) electrons. The van der Waals surface area contributed by atoms with Crippen molar-refractivity contribution in [2.75, 3.05) is 5.73 Å². The van der Waals surface area contributed by atoms with Gasteiger partial charge in [0.05, 0.1) is 11.8 Å². The van der Waals surface area contributed by atoms with Crippen LogP contribution in [-0.4, -0.2) is 10.8 Å². The van der Waals surface area contributed by atoms with Crippen molar-refractivity contribution in [1.29, 1.82) is 0 Å². The molecule has 0 saturated heterocycles. The van der Waals surface area contributed by atoms with Crippen molar-refractivity contribution in [2.24, 2.45) is 0 Å². The number of nitrogens with two attached hydrogens (primary N) is 1. The summed E-state index contributed by atoms with van der Waals surface area (Å²) in [5, 5.41) is 0. The zero-order chi connectivity index (χ0) is 12.7. The monoisotopic (exact) mass is 242 g/mol. The second-order valence-electron chi connectivity index (χ2n) is 4.58. The zero-order valence-electron chi connectivity index (χ0n) is 10.1. The molecule has 1 aromatic carbocycles. The molecule has 4 heteroatoms. The van der Waals surface area contributed by atoms with Crippen molar-refractivity contribution in [3.8, 4) is 0 Å². The van der Waals surface area contributed by atoms with Gasteiger partial charge in [-0.25, -0.2) is 0 Å². The number of carbonyl (C=O) groups is 1. The van der Waals surface area contributed by atoms with Crippen LogP contribution in [-0.2, 0) is 13.1 Å². The lowest BCUT2D eigenvalue weighted by molar-refractivity contribution is 0.0749. The second-order valence-corrected chi connectivity index (χ2v) is 4.58. The summed E-state index contributed by atoms with van der Waals surface area (Å²) < 4.78 is 5.17. The van der Waals surface area contributed by atoms with Gasteiger partial charge in [0.25, 0.3) is 5.91 Å². The maximum Gasteiger partial charge on any atom is 0.257 e. The van der Waals surface area contributed by atoms with Crippen molar-refractivity contribution >= 4 is 11.6 Å². The summed E-state index contributed by atoms with van der Waals surface area (Å²) in [6.45, 7) is 3.05. The Hall–Kier alpha value is -2.23. The Bertz CT molecular complexity index is 616. The van der Waals surface area contributed by atoms with E-state index in [0.717, 1.165) is 11.3 Å². The predicted molar refractivity (Wildman–Crippen MR) is 67.9 cm³/mol. The van der Waals surface area contributed by atoms with Crippen LogP contribution in [0.3, 0.4) is 0 Å². The third-order valence-electron chi connectivity index (χ3n) is 3.33. The molecule has 2 N–H and O–H groups in total. The fourth-order valence-electron chi connectivity index (χ4n) is 2.34. The van der Waals surface area contributed by atoms with Gasteiger partial charge in [-0.05, 0) is 36.2 Å². The zero-order valence-corrected chi connectivity index (χ0v) is 10.1. The molecule has 0 aliphatic carbocycles. The van der Waals surface area contributed by atoms with E-state index in [1.165, 1.54) is 5.56 Å². The third-order valence-corrected chi connectivity index (χ3v) is 3.33. The first-order chi connectivity index (χ1) is 8.65. The van der Waals surface area contributed by atoms with Gasteiger partial charge < -0.3 is 15.1 Å². The number of hydrogen-bond acceptors (Lipinski definition) is 3. The first-order valence-electron chi connectivity index (χ1n) is 5.86.